The fourth-order valence-electron chi connectivity index (χ4n) is 1.66. The van der Waals surface area contributed by atoms with Crippen molar-refractivity contribution in [1.82, 2.24) is 0 Å². The summed E-state index contributed by atoms with van der Waals surface area (Å²) in [5.41, 5.74) is 6.54. The van der Waals surface area contributed by atoms with Gasteiger partial charge in [0.05, 0.1) is 11.5 Å². The second-order valence-electron chi connectivity index (χ2n) is 4.70. The van der Waals surface area contributed by atoms with Gasteiger partial charge in [-0.3, -0.25) is 10.1 Å². The molecule has 0 fully saturated rings. The van der Waals surface area contributed by atoms with Gasteiger partial charge in [-0.2, -0.15) is 0 Å². The van der Waals surface area contributed by atoms with Gasteiger partial charge in [-0.05, 0) is 18.8 Å². The minimum atomic E-state index is -0.475. The third-order valence-electron chi connectivity index (χ3n) is 2.70. The van der Waals surface area contributed by atoms with Crippen LogP contribution in [0.1, 0.15) is 32.3 Å². The molecular weight excluding hydrogens is 232 g/mol. The summed E-state index contributed by atoms with van der Waals surface area (Å²) in [6, 6.07) is 4.78. The number of hydrogen-bond acceptors (Lipinski definition) is 4. The smallest absolute Gasteiger partial charge is 0.292 e. The number of ether oxygens (including phenoxy) is 1. The van der Waals surface area contributed by atoms with E-state index in [9.17, 15) is 10.1 Å². The molecule has 18 heavy (non-hydrogen) atoms. The molecule has 0 bridgehead atoms. The Balaban J connectivity index is 2.48. The average molecular weight is 252 g/mol. The maximum absolute atomic E-state index is 10.7. The molecule has 0 aromatic heterocycles. The minimum Gasteiger partial charge on any atom is -0.393 e. The summed E-state index contributed by atoms with van der Waals surface area (Å²) >= 11 is 0. The monoisotopic (exact) mass is 252 g/mol. The van der Waals surface area contributed by atoms with E-state index < -0.39 is 4.92 Å². The highest BCUT2D eigenvalue weighted by molar-refractivity contribution is 5.62. The van der Waals surface area contributed by atoms with E-state index in [4.69, 9.17) is 10.5 Å². The normalized spacial score (nSPS) is 10.8. The van der Waals surface area contributed by atoms with Crippen LogP contribution >= 0.6 is 0 Å². The Morgan fingerprint density at radius 3 is 2.78 bits per heavy atom. The van der Waals surface area contributed by atoms with Crippen LogP contribution in [0.25, 0.3) is 0 Å². The fourth-order valence-corrected chi connectivity index (χ4v) is 1.66. The second-order valence-corrected chi connectivity index (χ2v) is 4.70. The minimum absolute atomic E-state index is 0.0571. The van der Waals surface area contributed by atoms with Gasteiger partial charge in [-0.15, -0.1) is 0 Å². The fraction of sp³-hybridized carbons (Fsp3) is 0.538. The third-order valence-corrected chi connectivity index (χ3v) is 2.70. The van der Waals surface area contributed by atoms with Gasteiger partial charge < -0.3 is 10.5 Å². The van der Waals surface area contributed by atoms with Crippen LogP contribution in [-0.4, -0.2) is 11.5 Å². The van der Waals surface area contributed by atoms with Crippen LogP contribution < -0.4 is 5.73 Å². The number of nitro groups is 1. The second kappa shape index (κ2) is 6.96. The van der Waals surface area contributed by atoms with Crippen molar-refractivity contribution in [2.24, 2.45) is 5.92 Å². The molecule has 0 radical (unpaired) electrons. The first-order valence-corrected chi connectivity index (χ1v) is 6.12. The third kappa shape index (κ3) is 4.33. The number of nitro benzene ring substituents is 1. The SMILES string of the molecule is CC(C)CCCOCc1cccc([N+](=O)[O-])c1N. The maximum Gasteiger partial charge on any atom is 0.292 e. The first kappa shape index (κ1) is 14.4. The summed E-state index contributed by atoms with van der Waals surface area (Å²) < 4.78 is 5.48. The lowest BCUT2D eigenvalue weighted by atomic mass is 10.1. The molecule has 0 aliphatic heterocycles. The number of benzene rings is 1. The molecule has 0 spiro atoms. The molecule has 5 nitrogen and oxygen atoms in total. The van der Waals surface area contributed by atoms with E-state index in [2.05, 4.69) is 13.8 Å². The zero-order valence-electron chi connectivity index (χ0n) is 10.9. The summed E-state index contributed by atoms with van der Waals surface area (Å²) in [6.07, 6.45) is 2.11. The van der Waals surface area contributed by atoms with Gasteiger partial charge in [0.1, 0.15) is 5.69 Å². The van der Waals surface area contributed by atoms with E-state index in [1.165, 1.54) is 6.07 Å². The lowest BCUT2D eigenvalue weighted by molar-refractivity contribution is -0.384. The molecule has 0 heterocycles. The molecule has 0 saturated carbocycles. The predicted molar refractivity (Wildman–Crippen MR) is 71.2 cm³/mol. The first-order chi connectivity index (χ1) is 8.52. The van der Waals surface area contributed by atoms with Gasteiger partial charge in [0, 0.05) is 18.2 Å². The van der Waals surface area contributed by atoms with E-state index >= 15 is 0 Å². The van der Waals surface area contributed by atoms with Crippen molar-refractivity contribution in [3.8, 4) is 0 Å². The number of nitrogen functional groups attached to an aromatic ring is 1. The molecule has 0 unspecified atom stereocenters. The van der Waals surface area contributed by atoms with E-state index in [0.29, 0.717) is 24.7 Å². The highest BCUT2D eigenvalue weighted by Gasteiger charge is 2.13. The summed E-state index contributed by atoms with van der Waals surface area (Å²) in [6.45, 7) is 5.31. The summed E-state index contributed by atoms with van der Waals surface area (Å²) in [4.78, 5) is 10.2. The number of nitrogens with two attached hydrogens (primary N) is 1. The zero-order chi connectivity index (χ0) is 13.5. The quantitative estimate of drug-likeness (QED) is 0.350. The molecule has 1 aromatic rings. The zero-order valence-corrected chi connectivity index (χ0v) is 10.9. The summed E-state index contributed by atoms with van der Waals surface area (Å²) in [5.74, 6) is 0.663. The number of hydrogen-bond donors (Lipinski definition) is 1. The molecule has 1 aromatic carbocycles. The van der Waals surface area contributed by atoms with E-state index in [1.807, 2.05) is 0 Å². The van der Waals surface area contributed by atoms with Crippen LogP contribution in [0.4, 0.5) is 11.4 Å². The molecule has 2 N–H and O–H groups in total. The van der Waals surface area contributed by atoms with Crippen LogP contribution in [0.15, 0.2) is 18.2 Å². The van der Waals surface area contributed by atoms with Crippen molar-refractivity contribution in [3.05, 3.63) is 33.9 Å². The van der Waals surface area contributed by atoms with Gasteiger partial charge in [0.15, 0.2) is 0 Å². The van der Waals surface area contributed by atoms with Gasteiger partial charge in [-0.1, -0.05) is 26.0 Å². The molecule has 5 heteroatoms. The molecule has 0 aliphatic rings. The van der Waals surface area contributed by atoms with Crippen molar-refractivity contribution >= 4 is 11.4 Å². The number of para-hydroxylation sites is 1. The van der Waals surface area contributed by atoms with Crippen LogP contribution in [0.3, 0.4) is 0 Å². The lowest BCUT2D eigenvalue weighted by Gasteiger charge is -2.08. The summed E-state index contributed by atoms with van der Waals surface area (Å²) in [5, 5.41) is 10.7. The molecule has 1 rings (SSSR count). The Hall–Kier alpha value is -1.62. The number of nitrogens with zero attached hydrogens (tertiary/aromatic N) is 1. The Morgan fingerprint density at radius 2 is 2.17 bits per heavy atom. The average Bonchev–Trinajstić information content (AvgIpc) is 2.30. The van der Waals surface area contributed by atoms with Crippen LogP contribution in [0.2, 0.25) is 0 Å². The Kier molecular flexibility index (Phi) is 5.58. The lowest BCUT2D eigenvalue weighted by Crippen LogP contribution is -2.03. The Morgan fingerprint density at radius 1 is 1.44 bits per heavy atom. The largest absolute Gasteiger partial charge is 0.393 e. The van der Waals surface area contributed by atoms with Crippen molar-refractivity contribution in [2.75, 3.05) is 12.3 Å². The number of anilines is 1. The maximum atomic E-state index is 10.7. The highest BCUT2D eigenvalue weighted by Crippen LogP contribution is 2.25. The predicted octanol–water partition coefficient (Wildman–Crippen LogP) is 3.13. The van der Waals surface area contributed by atoms with Crippen LogP contribution in [0.5, 0.6) is 0 Å². The first-order valence-electron chi connectivity index (χ1n) is 6.12. The molecule has 0 aliphatic carbocycles. The molecular formula is C13H20N2O3. The molecule has 100 valence electrons. The van der Waals surface area contributed by atoms with Gasteiger partial charge in [0.2, 0.25) is 0 Å². The Bertz CT molecular complexity index is 405. The standard InChI is InChI=1S/C13H20N2O3/c1-10(2)5-4-8-18-9-11-6-3-7-12(13(11)14)15(16)17/h3,6-7,10H,4-5,8-9,14H2,1-2H3. The van der Waals surface area contributed by atoms with Crippen molar-refractivity contribution in [2.45, 2.75) is 33.3 Å². The summed E-state index contributed by atoms with van der Waals surface area (Å²) in [7, 11) is 0. The van der Waals surface area contributed by atoms with E-state index in [-0.39, 0.29) is 11.4 Å². The van der Waals surface area contributed by atoms with Crippen LogP contribution in [-0.2, 0) is 11.3 Å². The molecule has 0 atom stereocenters. The van der Waals surface area contributed by atoms with Gasteiger partial charge in [-0.25, -0.2) is 0 Å². The highest BCUT2D eigenvalue weighted by atomic mass is 16.6. The van der Waals surface area contributed by atoms with E-state index in [1.54, 1.807) is 12.1 Å². The van der Waals surface area contributed by atoms with Crippen molar-refractivity contribution in [3.63, 3.8) is 0 Å². The van der Waals surface area contributed by atoms with Crippen molar-refractivity contribution < 1.29 is 9.66 Å². The van der Waals surface area contributed by atoms with Crippen molar-refractivity contribution in [1.29, 1.82) is 0 Å². The van der Waals surface area contributed by atoms with Gasteiger partial charge in [0.25, 0.3) is 5.69 Å². The molecule has 0 amide bonds. The van der Waals surface area contributed by atoms with E-state index in [0.717, 1.165) is 12.8 Å². The number of rotatable bonds is 7. The topological polar surface area (TPSA) is 78.4 Å². The van der Waals surface area contributed by atoms with Crippen LogP contribution in [0, 0.1) is 16.0 Å². The van der Waals surface area contributed by atoms with Gasteiger partial charge >= 0.3 is 0 Å². The molecule has 0 saturated heterocycles. The Labute approximate surface area is 107 Å².